The number of aromatic nitrogens is 2. The highest BCUT2D eigenvalue weighted by atomic mass is 32.2. The third-order valence-electron chi connectivity index (χ3n) is 2.51. The maximum atomic E-state index is 12.0. The van der Waals surface area contributed by atoms with Crippen LogP contribution < -0.4 is 4.72 Å². The van der Waals surface area contributed by atoms with Crippen LogP contribution in [-0.2, 0) is 26.5 Å². The lowest BCUT2D eigenvalue weighted by molar-refractivity contribution is -0.130. The lowest BCUT2D eigenvalue weighted by atomic mass is 10.6. The fourth-order valence-corrected chi connectivity index (χ4v) is 2.50. The number of hydrogen-bond acceptors (Lipinski definition) is 5. The van der Waals surface area contributed by atoms with Crippen molar-refractivity contribution < 1.29 is 17.9 Å². The van der Waals surface area contributed by atoms with Crippen molar-refractivity contribution >= 4 is 10.0 Å². The molecule has 0 unspecified atom stereocenters. The average molecular weight is 291 g/mol. The molecule has 8 heteroatoms. The van der Waals surface area contributed by atoms with Crippen molar-refractivity contribution in [3.8, 4) is 0 Å². The van der Waals surface area contributed by atoms with Crippen molar-refractivity contribution in [2.45, 2.75) is 32.1 Å². The maximum absolute atomic E-state index is 12.0. The van der Waals surface area contributed by atoms with Gasteiger partial charge in [-0.2, -0.15) is 0 Å². The van der Waals surface area contributed by atoms with Gasteiger partial charge in [-0.25, -0.2) is 18.1 Å². The van der Waals surface area contributed by atoms with E-state index >= 15 is 0 Å². The van der Waals surface area contributed by atoms with Gasteiger partial charge in [0.2, 0.25) is 0 Å². The minimum absolute atomic E-state index is 0.000697. The first-order valence-corrected chi connectivity index (χ1v) is 7.61. The fourth-order valence-electron chi connectivity index (χ4n) is 1.45. The molecular formula is C11H21N3O4S. The molecule has 19 heavy (non-hydrogen) atoms. The summed E-state index contributed by atoms with van der Waals surface area (Å²) in [5, 5.41) is -0.000697. The van der Waals surface area contributed by atoms with E-state index in [1.165, 1.54) is 6.20 Å². The zero-order valence-electron chi connectivity index (χ0n) is 11.7. The van der Waals surface area contributed by atoms with Crippen LogP contribution >= 0.6 is 0 Å². The van der Waals surface area contributed by atoms with E-state index in [0.29, 0.717) is 19.0 Å². The van der Waals surface area contributed by atoms with Crippen LogP contribution in [0, 0.1) is 6.92 Å². The minimum atomic E-state index is -3.64. The Morgan fingerprint density at radius 2 is 1.95 bits per heavy atom. The van der Waals surface area contributed by atoms with Crippen molar-refractivity contribution in [1.82, 2.24) is 14.3 Å². The minimum Gasteiger partial charge on any atom is -0.352 e. The topological polar surface area (TPSA) is 82.5 Å². The monoisotopic (exact) mass is 291 g/mol. The summed E-state index contributed by atoms with van der Waals surface area (Å²) in [4.78, 5) is 3.98. The second kappa shape index (κ2) is 6.99. The number of nitrogens with one attached hydrogen (secondary N) is 1. The second-order valence-corrected chi connectivity index (χ2v) is 5.64. The molecule has 1 aromatic rings. The van der Waals surface area contributed by atoms with Gasteiger partial charge in [0.05, 0.1) is 6.54 Å². The number of imidazole rings is 1. The molecule has 1 rings (SSSR count). The van der Waals surface area contributed by atoms with Gasteiger partial charge in [0.1, 0.15) is 5.82 Å². The number of nitrogens with zero attached hydrogens (tertiary/aromatic N) is 2. The SMILES string of the molecule is CCOC(CNS(=O)(=O)c1cn(C)c(C)n1)OCC. The van der Waals surface area contributed by atoms with E-state index in [1.54, 1.807) is 18.5 Å². The van der Waals surface area contributed by atoms with Gasteiger partial charge in [-0.15, -0.1) is 0 Å². The molecule has 1 heterocycles. The standard InChI is InChI=1S/C11H21N3O4S/c1-5-17-11(18-6-2)7-12-19(15,16)10-8-14(4)9(3)13-10/h8,11-12H,5-7H2,1-4H3. The highest BCUT2D eigenvalue weighted by Crippen LogP contribution is 2.07. The summed E-state index contributed by atoms with van der Waals surface area (Å²) in [6, 6.07) is 0. The molecule has 0 aliphatic carbocycles. The lowest BCUT2D eigenvalue weighted by Crippen LogP contribution is -2.35. The zero-order valence-corrected chi connectivity index (χ0v) is 12.5. The Kier molecular flexibility index (Phi) is 5.92. The van der Waals surface area contributed by atoms with Crippen LogP contribution in [-0.4, -0.2) is 44.0 Å². The molecule has 7 nitrogen and oxygen atoms in total. The molecule has 0 aliphatic rings. The molecule has 110 valence electrons. The van der Waals surface area contributed by atoms with E-state index in [4.69, 9.17) is 9.47 Å². The molecular weight excluding hydrogens is 270 g/mol. The van der Waals surface area contributed by atoms with E-state index in [2.05, 4.69) is 9.71 Å². The summed E-state index contributed by atoms with van der Waals surface area (Å²) in [6.45, 7) is 6.34. The van der Waals surface area contributed by atoms with Crippen molar-refractivity contribution in [3.63, 3.8) is 0 Å². The Morgan fingerprint density at radius 3 is 2.37 bits per heavy atom. The van der Waals surface area contributed by atoms with Gasteiger partial charge in [-0.05, 0) is 20.8 Å². The van der Waals surface area contributed by atoms with Crippen LogP contribution in [0.2, 0.25) is 0 Å². The van der Waals surface area contributed by atoms with Crippen LogP contribution in [0.3, 0.4) is 0 Å². The van der Waals surface area contributed by atoms with Crippen LogP contribution in [0.5, 0.6) is 0 Å². The lowest BCUT2D eigenvalue weighted by Gasteiger charge is -2.16. The van der Waals surface area contributed by atoms with Gasteiger partial charge < -0.3 is 14.0 Å². The third kappa shape index (κ3) is 4.57. The molecule has 0 radical (unpaired) electrons. The number of sulfonamides is 1. The van der Waals surface area contributed by atoms with E-state index in [1.807, 2.05) is 13.8 Å². The van der Waals surface area contributed by atoms with Gasteiger partial charge in [-0.3, -0.25) is 0 Å². The highest BCUT2D eigenvalue weighted by molar-refractivity contribution is 7.89. The highest BCUT2D eigenvalue weighted by Gasteiger charge is 2.20. The first-order valence-electron chi connectivity index (χ1n) is 6.13. The summed E-state index contributed by atoms with van der Waals surface area (Å²) in [5.74, 6) is 0.631. The molecule has 0 saturated carbocycles. The number of hydrogen-bond donors (Lipinski definition) is 1. The van der Waals surface area contributed by atoms with Crippen molar-refractivity contribution in [3.05, 3.63) is 12.0 Å². The largest absolute Gasteiger partial charge is 0.352 e. The molecule has 1 aromatic heterocycles. The molecule has 0 saturated heterocycles. The molecule has 0 aliphatic heterocycles. The predicted molar refractivity (Wildman–Crippen MR) is 70.2 cm³/mol. The van der Waals surface area contributed by atoms with E-state index in [0.717, 1.165) is 0 Å². The number of aryl methyl sites for hydroxylation is 2. The Morgan fingerprint density at radius 1 is 1.37 bits per heavy atom. The van der Waals surface area contributed by atoms with Gasteiger partial charge in [0.15, 0.2) is 11.3 Å². The molecule has 0 aromatic carbocycles. The normalized spacial score (nSPS) is 12.3. The number of ether oxygens (including phenoxy) is 2. The third-order valence-corrected chi connectivity index (χ3v) is 3.80. The fraction of sp³-hybridized carbons (Fsp3) is 0.727. The quantitative estimate of drug-likeness (QED) is 0.701. The van der Waals surface area contributed by atoms with E-state index < -0.39 is 16.3 Å². The van der Waals surface area contributed by atoms with Crippen LogP contribution in [0.25, 0.3) is 0 Å². The van der Waals surface area contributed by atoms with Crippen LogP contribution in [0.1, 0.15) is 19.7 Å². The predicted octanol–water partition coefficient (Wildman–Crippen LogP) is 0.406. The summed E-state index contributed by atoms with van der Waals surface area (Å²) < 4.78 is 38.6. The Bertz CT molecular complexity index is 473. The van der Waals surface area contributed by atoms with Gasteiger partial charge >= 0.3 is 0 Å². The Hall–Kier alpha value is -0.960. The molecule has 0 spiro atoms. The van der Waals surface area contributed by atoms with Gasteiger partial charge in [0, 0.05) is 26.5 Å². The first kappa shape index (κ1) is 16.1. The van der Waals surface area contributed by atoms with Crippen molar-refractivity contribution in [2.24, 2.45) is 7.05 Å². The Labute approximate surface area is 114 Å². The van der Waals surface area contributed by atoms with Gasteiger partial charge in [0.25, 0.3) is 10.0 Å². The molecule has 1 N–H and O–H groups in total. The zero-order chi connectivity index (χ0) is 14.5. The summed E-state index contributed by atoms with van der Waals surface area (Å²) >= 11 is 0. The molecule has 0 fully saturated rings. The molecule has 0 bridgehead atoms. The molecule has 0 atom stereocenters. The second-order valence-electron chi connectivity index (χ2n) is 3.93. The smallest absolute Gasteiger partial charge is 0.259 e. The summed E-state index contributed by atoms with van der Waals surface area (Å²) in [6.07, 6.45) is 0.878. The number of rotatable bonds is 8. The van der Waals surface area contributed by atoms with E-state index in [9.17, 15) is 8.42 Å². The van der Waals surface area contributed by atoms with Gasteiger partial charge in [-0.1, -0.05) is 0 Å². The summed E-state index contributed by atoms with van der Waals surface area (Å²) in [7, 11) is -1.89. The van der Waals surface area contributed by atoms with Crippen molar-refractivity contribution in [2.75, 3.05) is 19.8 Å². The first-order chi connectivity index (χ1) is 8.90. The van der Waals surface area contributed by atoms with Crippen molar-refractivity contribution in [1.29, 1.82) is 0 Å². The molecule has 0 amide bonds. The average Bonchev–Trinajstić information content (AvgIpc) is 2.68. The Balaban J connectivity index is 2.68. The van der Waals surface area contributed by atoms with E-state index in [-0.39, 0.29) is 11.6 Å². The summed E-state index contributed by atoms with van der Waals surface area (Å²) in [5.41, 5.74) is 0. The van der Waals surface area contributed by atoms with Crippen LogP contribution in [0.4, 0.5) is 0 Å². The van der Waals surface area contributed by atoms with Crippen LogP contribution in [0.15, 0.2) is 11.2 Å². The maximum Gasteiger partial charge on any atom is 0.259 e.